The minimum atomic E-state index is -4.42. The highest BCUT2D eigenvalue weighted by atomic mass is 19.4. The number of halogens is 3. The highest BCUT2D eigenvalue weighted by Gasteiger charge is 2.30. The van der Waals surface area contributed by atoms with Crippen molar-refractivity contribution in [3.05, 3.63) is 70.8 Å². The zero-order valence-corrected chi connectivity index (χ0v) is 20.5. The van der Waals surface area contributed by atoms with Gasteiger partial charge in [0.1, 0.15) is 0 Å². The van der Waals surface area contributed by atoms with Crippen molar-refractivity contribution < 1.29 is 32.6 Å². The normalized spacial score (nSPS) is 15.7. The standard InChI is InChI=1S/C27H33F3N2O4/c1-2-36-26(35)12-11-20-6-3-8-22(16-20)19-32-25(34)10-5-14-31(32)15-13-24(33)18-21-7-4-9-23(17-21)27(28,29)30/h3-4,6-9,16-17,24,33H,2,5,10-15,18-19H2,1H3. The molecule has 1 saturated heterocycles. The SMILES string of the molecule is CCOC(=O)CCc1cccc(CN2C(=O)CCCN2CCC(O)Cc2cccc(C(F)(F)F)c2)c1. The molecule has 1 N–H and O–H groups in total. The molecule has 9 heteroatoms. The smallest absolute Gasteiger partial charge is 0.416 e. The van der Waals surface area contributed by atoms with Crippen LogP contribution in [0.2, 0.25) is 0 Å². The maximum absolute atomic E-state index is 13.0. The number of carbonyl (C=O) groups excluding carboxylic acids is 2. The van der Waals surface area contributed by atoms with Gasteiger partial charge in [0.15, 0.2) is 0 Å². The van der Waals surface area contributed by atoms with Gasteiger partial charge in [-0.15, -0.1) is 0 Å². The molecule has 1 amide bonds. The molecular formula is C27H33F3N2O4. The number of alkyl halides is 3. The number of hydrazine groups is 1. The maximum Gasteiger partial charge on any atom is 0.416 e. The van der Waals surface area contributed by atoms with Gasteiger partial charge in [-0.25, -0.2) is 5.01 Å². The monoisotopic (exact) mass is 506 g/mol. The second-order valence-electron chi connectivity index (χ2n) is 8.98. The molecule has 2 aromatic rings. The van der Waals surface area contributed by atoms with Crippen molar-refractivity contribution in [2.75, 3.05) is 19.7 Å². The van der Waals surface area contributed by atoms with Gasteiger partial charge in [0.2, 0.25) is 5.91 Å². The van der Waals surface area contributed by atoms with Crippen molar-refractivity contribution in [3.8, 4) is 0 Å². The van der Waals surface area contributed by atoms with Gasteiger partial charge >= 0.3 is 12.1 Å². The second kappa shape index (κ2) is 12.9. The van der Waals surface area contributed by atoms with Gasteiger partial charge in [0, 0.05) is 25.9 Å². The van der Waals surface area contributed by atoms with Crippen molar-refractivity contribution in [3.63, 3.8) is 0 Å². The first-order chi connectivity index (χ1) is 17.2. The number of ether oxygens (including phenoxy) is 1. The molecule has 1 heterocycles. The first-order valence-electron chi connectivity index (χ1n) is 12.3. The van der Waals surface area contributed by atoms with Gasteiger partial charge in [-0.3, -0.25) is 14.6 Å². The van der Waals surface area contributed by atoms with Gasteiger partial charge in [0.25, 0.3) is 0 Å². The fourth-order valence-corrected chi connectivity index (χ4v) is 4.32. The van der Waals surface area contributed by atoms with Crippen LogP contribution in [0, 0.1) is 0 Å². The quantitative estimate of drug-likeness (QED) is 0.454. The lowest BCUT2D eigenvalue weighted by molar-refractivity contribution is -0.158. The second-order valence-corrected chi connectivity index (χ2v) is 8.98. The Balaban J connectivity index is 1.58. The number of amides is 1. The van der Waals surface area contributed by atoms with E-state index in [0.717, 1.165) is 23.3 Å². The predicted octanol–water partition coefficient (Wildman–Crippen LogP) is 4.53. The summed E-state index contributed by atoms with van der Waals surface area (Å²) in [6, 6.07) is 12.7. The first kappa shape index (κ1) is 27.7. The Kier molecular flexibility index (Phi) is 9.89. The summed E-state index contributed by atoms with van der Waals surface area (Å²) in [4.78, 5) is 24.4. The van der Waals surface area contributed by atoms with Crippen LogP contribution < -0.4 is 0 Å². The lowest BCUT2D eigenvalue weighted by atomic mass is 10.0. The third-order valence-corrected chi connectivity index (χ3v) is 6.13. The number of esters is 1. The summed E-state index contributed by atoms with van der Waals surface area (Å²) >= 11 is 0. The zero-order valence-electron chi connectivity index (χ0n) is 20.5. The molecule has 0 saturated carbocycles. The molecule has 2 aromatic carbocycles. The van der Waals surface area contributed by atoms with Crippen molar-refractivity contribution in [2.24, 2.45) is 0 Å². The maximum atomic E-state index is 13.0. The Morgan fingerprint density at radius 3 is 2.58 bits per heavy atom. The summed E-state index contributed by atoms with van der Waals surface area (Å²) in [6.07, 6.45) is -2.86. The molecule has 0 aromatic heterocycles. The zero-order chi connectivity index (χ0) is 26.1. The topological polar surface area (TPSA) is 70.1 Å². The summed E-state index contributed by atoms with van der Waals surface area (Å²) in [5.41, 5.74) is 1.60. The van der Waals surface area contributed by atoms with E-state index in [2.05, 4.69) is 0 Å². The molecular weight excluding hydrogens is 473 g/mol. The molecule has 1 atom stereocenters. The van der Waals surface area contributed by atoms with Gasteiger partial charge in [0.05, 0.1) is 24.8 Å². The highest BCUT2D eigenvalue weighted by molar-refractivity contribution is 5.76. The summed E-state index contributed by atoms with van der Waals surface area (Å²) in [7, 11) is 0. The van der Waals surface area contributed by atoms with E-state index in [0.29, 0.717) is 57.5 Å². The van der Waals surface area contributed by atoms with E-state index >= 15 is 0 Å². The van der Waals surface area contributed by atoms with Gasteiger partial charge in [-0.2, -0.15) is 13.2 Å². The number of nitrogens with zero attached hydrogens (tertiary/aromatic N) is 2. The van der Waals surface area contributed by atoms with Crippen LogP contribution in [0.15, 0.2) is 48.5 Å². The predicted molar refractivity (Wildman–Crippen MR) is 129 cm³/mol. The number of aryl methyl sites for hydroxylation is 1. The van der Waals surface area contributed by atoms with Gasteiger partial charge in [-0.05, 0) is 55.4 Å². The molecule has 1 aliphatic rings. The van der Waals surface area contributed by atoms with Crippen molar-refractivity contribution in [1.82, 2.24) is 10.0 Å². The number of aliphatic hydroxyl groups excluding tert-OH is 1. The van der Waals surface area contributed by atoms with E-state index in [9.17, 15) is 27.9 Å². The number of aliphatic hydroxyl groups is 1. The largest absolute Gasteiger partial charge is 0.466 e. The van der Waals surface area contributed by atoms with E-state index in [4.69, 9.17) is 4.74 Å². The van der Waals surface area contributed by atoms with E-state index in [1.807, 2.05) is 29.3 Å². The van der Waals surface area contributed by atoms with Gasteiger partial charge in [-0.1, -0.05) is 42.5 Å². The van der Waals surface area contributed by atoms with Crippen LogP contribution in [0.1, 0.15) is 54.9 Å². The van der Waals surface area contributed by atoms with Crippen molar-refractivity contribution >= 4 is 11.9 Å². The number of hydrogen-bond donors (Lipinski definition) is 1. The van der Waals surface area contributed by atoms with E-state index in [1.165, 1.54) is 6.07 Å². The molecule has 1 fully saturated rings. The molecule has 0 spiro atoms. The van der Waals surface area contributed by atoms with Crippen LogP contribution in [0.4, 0.5) is 13.2 Å². The Hall–Kier alpha value is -2.91. The lowest BCUT2D eigenvalue weighted by Gasteiger charge is -2.39. The van der Waals surface area contributed by atoms with Crippen LogP contribution in [0.3, 0.4) is 0 Å². The van der Waals surface area contributed by atoms with Crippen LogP contribution in [0.25, 0.3) is 0 Å². The molecule has 0 aliphatic carbocycles. The molecule has 1 unspecified atom stereocenters. The third kappa shape index (κ3) is 8.34. The summed E-state index contributed by atoms with van der Waals surface area (Å²) in [6.45, 7) is 3.56. The van der Waals surface area contributed by atoms with Crippen LogP contribution in [0.5, 0.6) is 0 Å². The van der Waals surface area contributed by atoms with E-state index < -0.39 is 17.8 Å². The van der Waals surface area contributed by atoms with Crippen molar-refractivity contribution in [1.29, 1.82) is 0 Å². The average Bonchev–Trinajstić information content (AvgIpc) is 2.83. The van der Waals surface area contributed by atoms with Crippen LogP contribution in [-0.2, 0) is 39.9 Å². The molecule has 1 aliphatic heterocycles. The lowest BCUT2D eigenvalue weighted by Crippen LogP contribution is -2.50. The Morgan fingerprint density at radius 2 is 1.83 bits per heavy atom. The van der Waals surface area contributed by atoms with Crippen LogP contribution in [-0.4, -0.2) is 52.8 Å². The number of benzene rings is 2. The fraction of sp³-hybridized carbons (Fsp3) is 0.481. The minimum absolute atomic E-state index is 0.00875. The Morgan fingerprint density at radius 1 is 1.11 bits per heavy atom. The molecule has 0 radical (unpaired) electrons. The first-order valence-corrected chi connectivity index (χ1v) is 12.3. The minimum Gasteiger partial charge on any atom is -0.466 e. The number of rotatable bonds is 11. The highest BCUT2D eigenvalue weighted by Crippen LogP contribution is 2.30. The summed E-state index contributed by atoms with van der Waals surface area (Å²) in [5, 5.41) is 14.1. The Bertz CT molecular complexity index is 1030. The molecule has 0 bridgehead atoms. The number of carbonyl (C=O) groups is 2. The molecule has 36 heavy (non-hydrogen) atoms. The van der Waals surface area contributed by atoms with Crippen molar-refractivity contribution in [2.45, 2.75) is 64.3 Å². The number of hydrogen-bond acceptors (Lipinski definition) is 5. The molecule has 3 rings (SSSR count). The van der Waals surface area contributed by atoms with Gasteiger partial charge < -0.3 is 9.84 Å². The molecule has 6 nitrogen and oxygen atoms in total. The fourth-order valence-electron chi connectivity index (χ4n) is 4.32. The molecule has 196 valence electrons. The van der Waals surface area contributed by atoms with E-state index in [1.54, 1.807) is 18.0 Å². The van der Waals surface area contributed by atoms with E-state index in [-0.39, 0.29) is 24.7 Å². The third-order valence-electron chi connectivity index (χ3n) is 6.13. The summed E-state index contributed by atoms with van der Waals surface area (Å²) < 4.78 is 43.9. The summed E-state index contributed by atoms with van der Waals surface area (Å²) in [5.74, 6) is -0.255. The average molecular weight is 507 g/mol. The Labute approximate surface area is 209 Å². The van der Waals surface area contributed by atoms with Crippen LogP contribution >= 0.6 is 0 Å².